The summed E-state index contributed by atoms with van der Waals surface area (Å²) in [7, 11) is 4.05. The molecule has 3 aromatic rings. The highest BCUT2D eigenvalue weighted by Gasteiger charge is 2.12. The van der Waals surface area contributed by atoms with Crippen molar-refractivity contribution in [2.45, 2.75) is 6.54 Å². The largest absolute Gasteiger partial charge is 0.380 e. The standard InChI is InChI=1S/C13H16N6/c1-18(2)7-8-19-13-11(12(14)17-19)15-9-5-3-4-6-10(9)16-13/h3-6H,7-8H2,1-2H3,(H2,14,17). The predicted molar refractivity (Wildman–Crippen MR) is 75.8 cm³/mol. The summed E-state index contributed by atoms with van der Waals surface area (Å²) in [6, 6.07) is 7.77. The summed E-state index contributed by atoms with van der Waals surface area (Å²) in [5.41, 5.74) is 9.06. The van der Waals surface area contributed by atoms with Crippen LogP contribution < -0.4 is 5.73 Å². The minimum absolute atomic E-state index is 0.437. The molecule has 6 nitrogen and oxygen atoms in total. The predicted octanol–water partition coefficient (Wildman–Crippen LogP) is 1.12. The van der Waals surface area contributed by atoms with Gasteiger partial charge in [0.15, 0.2) is 17.0 Å². The zero-order chi connectivity index (χ0) is 13.4. The Bertz CT molecular complexity index is 730. The number of hydrogen-bond donors (Lipinski definition) is 1. The van der Waals surface area contributed by atoms with E-state index in [1.807, 2.05) is 43.0 Å². The van der Waals surface area contributed by atoms with E-state index in [-0.39, 0.29) is 0 Å². The summed E-state index contributed by atoms with van der Waals surface area (Å²) < 4.78 is 1.82. The first-order valence-corrected chi connectivity index (χ1v) is 6.18. The van der Waals surface area contributed by atoms with Gasteiger partial charge in [0.25, 0.3) is 0 Å². The lowest BCUT2D eigenvalue weighted by molar-refractivity contribution is 0.376. The van der Waals surface area contributed by atoms with Crippen LogP contribution in [0.2, 0.25) is 0 Å². The van der Waals surface area contributed by atoms with Gasteiger partial charge in [0.05, 0.1) is 17.6 Å². The molecule has 2 aromatic heterocycles. The summed E-state index contributed by atoms with van der Waals surface area (Å²) in [6.07, 6.45) is 0. The molecule has 0 saturated carbocycles. The SMILES string of the molecule is CN(C)CCn1nc(N)c2nc3ccccc3nc21. The molecular weight excluding hydrogens is 240 g/mol. The van der Waals surface area contributed by atoms with Crippen LogP contribution in [-0.4, -0.2) is 45.3 Å². The maximum absolute atomic E-state index is 5.93. The Morgan fingerprint density at radius 3 is 2.53 bits per heavy atom. The fraction of sp³-hybridized carbons (Fsp3) is 0.308. The number of fused-ring (bicyclic) bond motifs is 2. The summed E-state index contributed by atoms with van der Waals surface area (Å²) >= 11 is 0. The van der Waals surface area contributed by atoms with Crippen LogP contribution >= 0.6 is 0 Å². The molecule has 0 amide bonds. The highest BCUT2D eigenvalue weighted by molar-refractivity contribution is 5.89. The maximum atomic E-state index is 5.93. The van der Waals surface area contributed by atoms with Crippen molar-refractivity contribution < 1.29 is 0 Å². The zero-order valence-electron chi connectivity index (χ0n) is 11.0. The first kappa shape index (κ1) is 11.9. The van der Waals surface area contributed by atoms with E-state index >= 15 is 0 Å². The number of nitrogens with two attached hydrogens (primary N) is 1. The Balaban J connectivity index is 2.16. The second-order valence-corrected chi connectivity index (χ2v) is 4.80. The lowest BCUT2D eigenvalue weighted by Gasteiger charge is -2.09. The topological polar surface area (TPSA) is 72.9 Å². The molecule has 6 heteroatoms. The molecule has 1 aromatic carbocycles. The number of anilines is 1. The van der Waals surface area contributed by atoms with Crippen molar-refractivity contribution in [3.8, 4) is 0 Å². The van der Waals surface area contributed by atoms with Crippen LogP contribution in [-0.2, 0) is 6.54 Å². The number of nitrogens with zero attached hydrogens (tertiary/aromatic N) is 5. The summed E-state index contributed by atoms with van der Waals surface area (Å²) in [5.74, 6) is 0.437. The zero-order valence-corrected chi connectivity index (χ0v) is 11.0. The average Bonchev–Trinajstić information content (AvgIpc) is 2.70. The Morgan fingerprint density at radius 1 is 1.16 bits per heavy atom. The van der Waals surface area contributed by atoms with Crippen LogP contribution in [0, 0.1) is 0 Å². The molecule has 0 aliphatic rings. The Labute approximate surface area is 110 Å². The molecule has 0 unspecified atom stereocenters. The van der Waals surface area contributed by atoms with Crippen LogP contribution in [0.5, 0.6) is 0 Å². The van der Waals surface area contributed by atoms with Gasteiger partial charge in [0.1, 0.15) is 0 Å². The van der Waals surface area contributed by atoms with Gasteiger partial charge in [-0.2, -0.15) is 5.10 Å². The summed E-state index contributed by atoms with van der Waals surface area (Å²) in [5, 5.41) is 4.33. The minimum atomic E-state index is 0.437. The van der Waals surface area contributed by atoms with Gasteiger partial charge in [0, 0.05) is 6.54 Å². The number of likely N-dealkylation sites (N-methyl/N-ethyl adjacent to an activating group) is 1. The fourth-order valence-corrected chi connectivity index (χ4v) is 2.02. The van der Waals surface area contributed by atoms with Crippen molar-refractivity contribution in [2.75, 3.05) is 26.4 Å². The van der Waals surface area contributed by atoms with Crippen molar-refractivity contribution in [1.29, 1.82) is 0 Å². The van der Waals surface area contributed by atoms with Crippen LogP contribution in [0.3, 0.4) is 0 Å². The lowest BCUT2D eigenvalue weighted by Crippen LogP contribution is -2.19. The molecule has 0 aliphatic heterocycles. The van der Waals surface area contributed by atoms with Gasteiger partial charge < -0.3 is 10.6 Å². The van der Waals surface area contributed by atoms with Gasteiger partial charge in [-0.3, -0.25) is 0 Å². The Morgan fingerprint density at radius 2 is 1.84 bits per heavy atom. The second-order valence-electron chi connectivity index (χ2n) is 4.80. The van der Waals surface area contributed by atoms with Crippen molar-refractivity contribution in [2.24, 2.45) is 0 Å². The first-order chi connectivity index (χ1) is 9.15. The summed E-state index contributed by atoms with van der Waals surface area (Å²) in [4.78, 5) is 11.3. The molecular formula is C13H16N6. The van der Waals surface area contributed by atoms with E-state index < -0.39 is 0 Å². The van der Waals surface area contributed by atoms with E-state index in [9.17, 15) is 0 Å². The third kappa shape index (κ3) is 2.10. The van der Waals surface area contributed by atoms with Crippen LogP contribution in [0.4, 0.5) is 5.82 Å². The van der Waals surface area contributed by atoms with E-state index in [1.165, 1.54) is 0 Å². The first-order valence-electron chi connectivity index (χ1n) is 6.18. The Hall–Kier alpha value is -2.21. The highest BCUT2D eigenvalue weighted by atomic mass is 15.3. The van der Waals surface area contributed by atoms with Crippen LogP contribution in [0.1, 0.15) is 0 Å². The van der Waals surface area contributed by atoms with E-state index in [2.05, 4.69) is 20.0 Å². The molecule has 0 atom stereocenters. The molecule has 0 saturated heterocycles. The van der Waals surface area contributed by atoms with Crippen LogP contribution in [0.15, 0.2) is 24.3 Å². The number of hydrogen-bond acceptors (Lipinski definition) is 5. The maximum Gasteiger partial charge on any atom is 0.179 e. The molecule has 3 rings (SSSR count). The number of aromatic nitrogens is 4. The van der Waals surface area contributed by atoms with Crippen molar-refractivity contribution in [1.82, 2.24) is 24.6 Å². The second kappa shape index (κ2) is 4.47. The number of nitrogen functional groups attached to an aromatic ring is 1. The highest BCUT2D eigenvalue weighted by Crippen LogP contribution is 2.20. The third-order valence-corrected chi connectivity index (χ3v) is 3.03. The van der Waals surface area contributed by atoms with Crippen molar-refractivity contribution in [3.63, 3.8) is 0 Å². The van der Waals surface area contributed by atoms with E-state index in [4.69, 9.17) is 5.73 Å². The number of benzene rings is 1. The third-order valence-electron chi connectivity index (χ3n) is 3.03. The molecule has 2 N–H and O–H groups in total. The normalized spacial score (nSPS) is 11.7. The minimum Gasteiger partial charge on any atom is -0.380 e. The molecule has 2 heterocycles. The Kier molecular flexibility index (Phi) is 2.79. The molecule has 0 aliphatic carbocycles. The van der Waals surface area contributed by atoms with Gasteiger partial charge >= 0.3 is 0 Å². The summed E-state index contributed by atoms with van der Waals surface area (Å²) in [6.45, 7) is 1.62. The van der Waals surface area contributed by atoms with Crippen LogP contribution in [0.25, 0.3) is 22.2 Å². The van der Waals surface area contributed by atoms with Crippen molar-refractivity contribution >= 4 is 28.0 Å². The molecule has 0 bridgehead atoms. The van der Waals surface area contributed by atoms with Gasteiger partial charge in [-0.1, -0.05) is 12.1 Å². The smallest absolute Gasteiger partial charge is 0.179 e. The molecule has 0 fully saturated rings. The lowest BCUT2D eigenvalue weighted by atomic mass is 10.3. The van der Waals surface area contributed by atoms with E-state index in [0.29, 0.717) is 11.3 Å². The quantitative estimate of drug-likeness (QED) is 0.760. The number of rotatable bonds is 3. The molecule has 0 spiro atoms. The van der Waals surface area contributed by atoms with E-state index in [1.54, 1.807) is 0 Å². The monoisotopic (exact) mass is 256 g/mol. The van der Waals surface area contributed by atoms with Gasteiger partial charge in [-0.15, -0.1) is 0 Å². The van der Waals surface area contributed by atoms with Crippen molar-refractivity contribution in [3.05, 3.63) is 24.3 Å². The molecule has 98 valence electrons. The molecule has 19 heavy (non-hydrogen) atoms. The number of para-hydroxylation sites is 2. The average molecular weight is 256 g/mol. The van der Waals surface area contributed by atoms with Gasteiger partial charge in [0.2, 0.25) is 0 Å². The van der Waals surface area contributed by atoms with Gasteiger partial charge in [-0.25, -0.2) is 14.6 Å². The fourth-order valence-electron chi connectivity index (χ4n) is 2.02. The van der Waals surface area contributed by atoms with Gasteiger partial charge in [-0.05, 0) is 26.2 Å². The van der Waals surface area contributed by atoms with E-state index in [0.717, 1.165) is 29.8 Å². The molecule has 0 radical (unpaired) electrons.